The van der Waals surface area contributed by atoms with Gasteiger partial charge in [-0.05, 0) is 36.8 Å². The molecular weight excluding hydrogens is 438 g/mol. The molecule has 0 bridgehead atoms. The van der Waals surface area contributed by atoms with E-state index in [1.165, 1.54) is 5.69 Å². The van der Waals surface area contributed by atoms with E-state index in [9.17, 15) is 9.59 Å². The SMILES string of the molecule is COCCN1C(=O)C(C(c2ccc(Cl)cc2)N2CCN(c3ccccc3)CC2)C(=O)C=C1C. The van der Waals surface area contributed by atoms with E-state index < -0.39 is 5.92 Å². The minimum Gasteiger partial charge on any atom is -0.383 e. The van der Waals surface area contributed by atoms with Crippen LogP contribution in [0.2, 0.25) is 5.02 Å². The number of rotatable bonds is 7. The first-order chi connectivity index (χ1) is 16.0. The van der Waals surface area contributed by atoms with Crippen LogP contribution in [0.5, 0.6) is 0 Å². The van der Waals surface area contributed by atoms with Crippen molar-refractivity contribution in [2.24, 2.45) is 5.92 Å². The van der Waals surface area contributed by atoms with E-state index in [4.69, 9.17) is 16.3 Å². The lowest BCUT2D eigenvalue weighted by atomic mass is 9.84. The fourth-order valence-corrected chi connectivity index (χ4v) is 4.89. The van der Waals surface area contributed by atoms with Gasteiger partial charge >= 0.3 is 0 Å². The highest BCUT2D eigenvalue weighted by Crippen LogP contribution is 2.36. The Bertz CT molecular complexity index is 1000. The van der Waals surface area contributed by atoms with Crippen molar-refractivity contribution in [2.45, 2.75) is 13.0 Å². The van der Waals surface area contributed by atoms with Crippen LogP contribution < -0.4 is 4.90 Å². The quantitative estimate of drug-likeness (QED) is 0.580. The van der Waals surface area contributed by atoms with Gasteiger partial charge in [-0.25, -0.2) is 0 Å². The first kappa shape index (κ1) is 23.5. The van der Waals surface area contributed by atoms with Gasteiger partial charge in [0.25, 0.3) is 0 Å². The summed E-state index contributed by atoms with van der Waals surface area (Å²) in [4.78, 5) is 33.1. The number of nitrogens with zero attached hydrogens (tertiary/aromatic N) is 3. The molecule has 1 saturated heterocycles. The molecule has 0 spiro atoms. The molecule has 6 nitrogen and oxygen atoms in total. The van der Waals surface area contributed by atoms with Crippen molar-refractivity contribution >= 4 is 29.0 Å². The van der Waals surface area contributed by atoms with E-state index in [2.05, 4.69) is 21.9 Å². The molecule has 2 heterocycles. The lowest BCUT2D eigenvalue weighted by Gasteiger charge is -2.44. The molecule has 0 aromatic heterocycles. The molecule has 2 atom stereocenters. The number of ether oxygens (including phenoxy) is 1. The first-order valence-electron chi connectivity index (χ1n) is 11.3. The summed E-state index contributed by atoms with van der Waals surface area (Å²) in [7, 11) is 1.61. The highest BCUT2D eigenvalue weighted by atomic mass is 35.5. The number of hydrogen-bond donors (Lipinski definition) is 0. The summed E-state index contributed by atoms with van der Waals surface area (Å²) in [5.41, 5.74) is 2.79. The van der Waals surface area contributed by atoms with Gasteiger partial charge in [0.1, 0.15) is 5.92 Å². The van der Waals surface area contributed by atoms with Crippen molar-refractivity contribution in [3.63, 3.8) is 0 Å². The van der Waals surface area contributed by atoms with Crippen molar-refractivity contribution in [1.82, 2.24) is 9.80 Å². The summed E-state index contributed by atoms with van der Waals surface area (Å²) in [6, 6.07) is 17.5. The zero-order valence-corrected chi connectivity index (χ0v) is 19.9. The standard InChI is InChI=1S/C26H30ClN3O3/c1-19-18-23(31)24(26(32)30(19)16-17-33-2)25(20-8-10-21(27)11-9-20)29-14-12-28(13-15-29)22-6-4-3-5-7-22/h3-11,18,24-25H,12-17H2,1-2H3. The number of ketones is 1. The normalized spacial score (nSPS) is 20.7. The smallest absolute Gasteiger partial charge is 0.239 e. The first-order valence-corrected chi connectivity index (χ1v) is 11.7. The third kappa shape index (κ3) is 5.13. The van der Waals surface area contributed by atoms with Gasteiger partial charge in [-0.1, -0.05) is 41.9 Å². The molecule has 1 fully saturated rings. The van der Waals surface area contributed by atoms with E-state index in [1.807, 2.05) is 42.5 Å². The molecule has 0 N–H and O–H groups in total. The van der Waals surface area contributed by atoms with Crippen molar-refractivity contribution in [3.8, 4) is 0 Å². The Labute approximate surface area is 200 Å². The molecule has 174 valence electrons. The Hall–Kier alpha value is -2.67. The molecule has 4 rings (SSSR count). The van der Waals surface area contributed by atoms with Gasteiger partial charge in [-0.15, -0.1) is 0 Å². The van der Waals surface area contributed by atoms with Gasteiger partial charge in [-0.3, -0.25) is 14.5 Å². The van der Waals surface area contributed by atoms with Crippen LogP contribution >= 0.6 is 11.6 Å². The molecular formula is C26H30ClN3O3. The van der Waals surface area contributed by atoms with Crippen LogP contribution in [0.3, 0.4) is 0 Å². The molecule has 0 radical (unpaired) electrons. The number of benzene rings is 2. The van der Waals surface area contributed by atoms with Crippen LogP contribution in [0.15, 0.2) is 66.4 Å². The van der Waals surface area contributed by atoms with Gasteiger partial charge in [0.2, 0.25) is 5.91 Å². The average Bonchev–Trinajstić information content (AvgIpc) is 2.83. The summed E-state index contributed by atoms with van der Waals surface area (Å²) in [6.07, 6.45) is 1.60. The maximum Gasteiger partial charge on any atom is 0.239 e. The number of piperazine rings is 1. The van der Waals surface area contributed by atoms with Crippen LogP contribution in [0.1, 0.15) is 18.5 Å². The van der Waals surface area contributed by atoms with Crippen molar-refractivity contribution in [3.05, 3.63) is 77.0 Å². The number of allylic oxidation sites excluding steroid dienone is 2. The predicted molar refractivity (Wildman–Crippen MR) is 130 cm³/mol. The highest BCUT2D eigenvalue weighted by molar-refractivity contribution is 6.30. The lowest BCUT2D eigenvalue weighted by molar-refractivity contribution is -0.143. The minimum atomic E-state index is -0.796. The topological polar surface area (TPSA) is 53.1 Å². The summed E-state index contributed by atoms with van der Waals surface area (Å²) in [6.45, 7) is 5.80. The lowest BCUT2D eigenvalue weighted by Crippen LogP contribution is -2.54. The fraction of sp³-hybridized carbons (Fsp3) is 0.385. The highest BCUT2D eigenvalue weighted by Gasteiger charge is 2.44. The van der Waals surface area contributed by atoms with Crippen LogP contribution in [-0.4, -0.2) is 67.9 Å². The molecule has 7 heteroatoms. The minimum absolute atomic E-state index is 0.142. The summed E-state index contributed by atoms with van der Waals surface area (Å²) >= 11 is 6.15. The summed E-state index contributed by atoms with van der Waals surface area (Å²) in [5, 5.41) is 0.630. The second kappa shape index (κ2) is 10.5. The number of amides is 1. The fourth-order valence-electron chi connectivity index (χ4n) is 4.77. The Kier molecular flexibility index (Phi) is 7.48. The van der Waals surface area contributed by atoms with Gasteiger partial charge in [0, 0.05) is 62.3 Å². The monoisotopic (exact) mass is 467 g/mol. The Morgan fingerprint density at radius 2 is 1.67 bits per heavy atom. The van der Waals surface area contributed by atoms with Crippen LogP contribution in [0.4, 0.5) is 5.69 Å². The van der Waals surface area contributed by atoms with E-state index in [0.717, 1.165) is 31.7 Å². The molecule has 0 aliphatic carbocycles. The number of carbonyl (C=O) groups excluding carboxylic acids is 2. The summed E-state index contributed by atoms with van der Waals surface area (Å²) < 4.78 is 5.20. The van der Waals surface area contributed by atoms with Crippen molar-refractivity contribution in [1.29, 1.82) is 0 Å². The van der Waals surface area contributed by atoms with Crippen LogP contribution in [-0.2, 0) is 14.3 Å². The Morgan fingerprint density at radius 3 is 2.30 bits per heavy atom. The van der Waals surface area contributed by atoms with Crippen molar-refractivity contribution < 1.29 is 14.3 Å². The maximum atomic E-state index is 13.6. The second-order valence-corrected chi connectivity index (χ2v) is 8.94. The molecule has 2 aliphatic rings. The Balaban J connectivity index is 1.63. The molecule has 33 heavy (non-hydrogen) atoms. The van der Waals surface area contributed by atoms with Crippen LogP contribution in [0.25, 0.3) is 0 Å². The number of anilines is 1. The third-order valence-corrected chi connectivity index (χ3v) is 6.74. The van der Waals surface area contributed by atoms with Crippen molar-refractivity contribution in [2.75, 3.05) is 51.3 Å². The van der Waals surface area contributed by atoms with Gasteiger partial charge < -0.3 is 14.5 Å². The number of para-hydroxylation sites is 1. The summed E-state index contributed by atoms with van der Waals surface area (Å²) in [5.74, 6) is -1.10. The van der Waals surface area contributed by atoms with E-state index in [-0.39, 0.29) is 17.7 Å². The largest absolute Gasteiger partial charge is 0.383 e. The molecule has 1 amide bonds. The zero-order chi connectivity index (χ0) is 23.4. The number of hydrogen-bond acceptors (Lipinski definition) is 5. The van der Waals surface area contributed by atoms with Gasteiger partial charge in [-0.2, -0.15) is 0 Å². The number of carbonyl (C=O) groups is 2. The molecule has 0 saturated carbocycles. The van der Waals surface area contributed by atoms with E-state index in [1.54, 1.807) is 25.0 Å². The maximum absolute atomic E-state index is 13.6. The predicted octanol–water partition coefficient (Wildman–Crippen LogP) is 3.78. The van der Waals surface area contributed by atoms with Crippen LogP contribution in [0, 0.1) is 5.92 Å². The zero-order valence-electron chi connectivity index (χ0n) is 19.1. The third-order valence-electron chi connectivity index (χ3n) is 6.49. The average molecular weight is 468 g/mol. The Morgan fingerprint density at radius 1 is 1.00 bits per heavy atom. The van der Waals surface area contributed by atoms with E-state index >= 15 is 0 Å². The molecule has 2 unspecified atom stereocenters. The van der Waals surface area contributed by atoms with Gasteiger partial charge in [0.15, 0.2) is 5.78 Å². The molecule has 2 aliphatic heterocycles. The number of methoxy groups -OCH3 is 1. The van der Waals surface area contributed by atoms with E-state index in [0.29, 0.717) is 23.9 Å². The van der Waals surface area contributed by atoms with Gasteiger partial charge in [0.05, 0.1) is 12.6 Å². The molecule has 2 aromatic carbocycles. The molecule has 2 aromatic rings. The second-order valence-electron chi connectivity index (χ2n) is 8.50. The number of halogens is 1.